The summed E-state index contributed by atoms with van der Waals surface area (Å²) < 4.78 is 0. The van der Waals surface area contributed by atoms with E-state index in [0.717, 1.165) is 0 Å². The van der Waals surface area contributed by atoms with Gasteiger partial charge in [-0.3, -0.25) is 30.6 Å². The number of amides is 2. The predicted octanol–water partition coefficient (Wildman–Crippen LogP) is -2.60. The molecule has 0 radical (unpaired) electrons. The molecule has 14 heteroatoms. The summed E-state index contributed by atoms with van der Waals surface area (Å²) in [5, 5.41) is 19.8. The molecule has 2 heterocycles. The maximum Gasteiger partial charge on any atom is 0.287 e. The number of hydrazine groups is 2. The molecule has 0 aliphatic rings. The number of rotatable bonds is 6. The summed E-state index contributed by atoms with van der Waals surface area (Å²) >= 11 is 0. The van der Waals surface area contributed by atoms with E-state index in [1.807, 2.05) is 10.9 Å². The maximum absolute atomic E-state index is 11.0. The van der Waals surface area contributed by atoms with Gasteiger partial charge < -0.3 is 0 Å². The first-order valence-electron chi connectivity index (χ1n) is 5.84. The molecule has 0 unspecified atom stereocenters. The average Bonchev–Trinajstić information content (AvgIpc) is 3.14. The lowest BCUT2D eigenvalue weighted by Crippen LogP contribution is -2.31. The first-order valence-corrected chi connectivity index (χ1v) is 5.84. The molecular weight excluding hydrogens is 296 g/mol. The number of hydrogen-bond acceptors (Lipinski definition) is 10. The van der Waals surface area contributed by atoms with E-state index in [4.69, 9.17) is 11.7 Å². The summed E-state index contributed by atoms with van der Waals surface area (Å²) in [4.78, 5) is 29.9. The molecule has 0 aromatic carbocycles. The highest BCUT2D eigenvalue weighted by Gasteiger charge is 2.09. The molecule has 2 aromatic rings. The van der Waals surface area contributed by atoms with E-state index < -0.39 is 11.8 Å². The van der Waals surface area contributed by atoms with Crippen LogP contribution in [0.25, 0.3) is 0 Å². The summed E-state index contributed by atoms with van der Waals surface area (Å²) in [6, 6.07) is 0. The highest BCUT2D eigenvalue weighted by atomic mass is 16.2. The minimum absolute atomic E-state index is 0.00845. The molecule has 0 aliphatic heterocycles. The highest BCUT2D eigenvalue weighted by Crippen LogP contribution is 2.10. The Morgan fingerprint density at radius 1 is 0.909 bits per heavy atom. The SMILES string of the molecule is NNC(=O)Cc1nc(/N=N\c2n[nH]c(CC(=O)NN)n2)n[nH]1. The van der Waals surface area contributed by atoms with Gasteiger partial charge in [0.1, 0.15) is 11.6 Å². The van der Waals surface area contributed by atoms with Gasteiger partial charge in [-0.2, -0.15) is 9.97 Å². The molecule has 0 fully saturated rings. The Morgan fingerprint density at radius 2 is 1.32 bits per heavy atom. The van der Waals surface area contributed by atoms with E-state index in [2.05, 4.69) is 40.6 Å². The number of azo groups is 1. The van der Waals surface area contributed by atoms with Crippen LogP contribution in [0, 0.1) is 0 Å². The van der Waals surface area contributed by atoms with Crippen molar-refractivity contribution in [2.45, 2.75) is 12.8 Å². The molecule has 0 saturated heterocycles. The molecule has 0 aliphatic carbocycles. The Bertz CT molecular complexity index is 629. The molecule has 116 valence electrons. The number of aromatic nitrogens is 6. The van der Waals surface area contributed by atoms with Crippen molar-refractivity contribution in [3.05, 3.63) is 11.6 Å². The number of H-pyrrole nitrogens is 2. The van der Waals surface area contributed by atoms with Crippen LogP contribution in [0.2, 0.25) is 0 Å². The molecule has 2 aromatic heterocycles. The molecule has 2 amide bonds. The summed E-state index contributed by atoms with van der Waals surface area (Å²) in [5.74, 6) is 9.55. The van der Waals surface area contributed by atoms with Gasteiger partial charge in [-0.15, -0.1) is 20.4 Å². The fourth-order valence-electron chi connectivity index (χ4n) is 1.31. The van der Waals surface area contributed by atoms with Crippen LogP contribution >= 0.6 is 0 Å². The van der Waals surface area contributed by atoms with Gasteiger partial charge in [-0.1, -0.05) is 0 Å². The molecule has 0 atom stereocenters. The third-order valence-electron chi connectivity index (χ3n) is 2.25. The smallest absolute Gasteiger partial charge is 0.287 e. The fourth-order valence-corrected chi connectivity index (χ4v) is 1.31. The minimum Gasteiger partial charge on any atom is -0.294 e. The normalized spacial score (nSPS) is 10.8. The Morgan fingerprint density at radius 3 is 1.68 bits per heavy atom. The van der Waals surface area contributed by atoms with Crippen LogP contribution in [-0.4, -0.2) is 42.2 Å². The van der Waals surface area contributed by atoms with Crippen LogP contribution in [-0.2, 0) is 22.4 Å². The van der Waals surface area contributed by atoms with Gasteiger partial charge in [-0.25, -0.2) is 11.7 Å². The van der Waals surface area contributed by atoms with Gasteiger partial charge in [0, 0.05) is 0 Å². The largest absolute Gasteiger partial charge is 0.294 e. The Balaban J connectivity index is 1.97. The first kappa shape index (κ1) is 15.1. The van der Waals surface area contributed by atoms with E-state index >= 15 is 0 Å². The minimum atomic E-state index is -0.434. The number of nitrogens with two attached hydrogens (primary N) is 2. The lowest BCUT2D eigenvalue weighted by Gasteiger charge is -1.92. The Kier molecular flexibility index (Phi) is 4.78. The molecular formula is C8H12N12O2. The zero-order chi connectivity index (χ0) is 15.9. The molecule has 14 nitrogen and oxygen atoms in total. The monoisotopic (exact) mass is 308 g/mol. The van der Waals surface area contributed by atoms with Crippen LogP contribution in [0.4, 0.5) is 11.9 Å². The van der Waals surface area contributed by atoms with Crippen LogP contribution < -0.4 is 22.5 Å². The van der Waals surface area contributed by atoms with Gasteiger partial charge in [0.2, 0.25) is 11.8 Å². The molecule has 0 bridgehead atoms. The number of carbonyl (C=O) groups is 2. The van der Waals surface area contributed by atoms with E-state index in [1.165, 1.54) is 0 Å². The number of carbonyl (C=O) groups excluding carboxylic acids is 2. The van der Waals surface area contributed by atoms with Crippen molar-refractivity contribution < 1.29 is 9.59 Å². The van der Waals surface area contributed by atoms with E-state index in [-0.39, 0.29) is 36.4 Å². The standard InChI is InChI=1S/C8H12N12O2/c9-13-5(21)1-3-11-7(17-15-3)19-20-8-12-4(16-18-8)2-6(22)14-10/h1-2,9-10H2,(H,13,21)(H,14,22)(H,11,15,17)(H,12,16,18)/b20-19-. The van der Waals surface area contributed by atoms with Crippen LogP contribution in [0.5, 0.6) is 0 Å². The second kappa shape index (κ2) is 6.95. The second-order valence-electron chi connectivity index (χ2n) is 3.85. The maximum atomic E-state index is 11.0. The zero-order valence-corrected chi connectivity index (χ0v) is 11.1. The van der Waals surface area contributed by atoms with Crippen molar-refractivity contribution in [3.63, 3.8) is 0 Å². The predicted molar refractivity (Wildman–Crippen MR) is 69.0 cm³/mol. The topological polar surface area (TPSA) is 218 Å². The van der Waals surface area contributed by atoms with Crippen LogP contribution in [0.1, 0.15) is 11.6 Å². The van der Waals surface area contributed by atoms with Crippen LogP contribution in [0.15, 0.2) is 10.2 Å². The van der Waals surface area contributed by atoms with Gasteiger partial charge in [0.25, 0.3) is 11.9 Å². The third kappa shape index (κ3) is 4.12. The number of nitrogens with one attached hydrogen (secondary N) is 4. The second-order valence-corrected chi connectivity index (χ2v) is 3.85. The molecule has 22 heavy (non-hydrogen) atoms. The number of nitrogens with zero attached hydrogens (tertiary/aromatic N) is 6. The fraction of sp³-hybridized carbons (Fsp3) is 0.250. The molecule has 0 spiro atoms. The molecule has 8 N–H and O–H groups in total. The van der Waals surface area contributed by atoms with Gasteiger partial charge in [0.15, 0.2) is 0 Å². The van der Waals surface area contributed by atoms with Crippen molar-refractivity contribution in [1.29, 1.82) is 0 Å². The molecule has 0 saturated carbocycles. The lowest BCUT2D eigenvalue weighted by molar-refractivity contribution is -0.121. The van der Waals surface area contributed by atoms with E-state index in [9.17, 15) is 9.59 Å². The van der Waals surface area contributed by atoms with Crippen molar-refractivity contribution in [2.24, 2.45) is 21.9 Å². The van der Waals surface area contributed by atoms with Crippen molar-refractivity contribution >= 4 is 23.7 Å². The van der Waals surface area contributed by atoms with Crippen molar-refractivity contribution in [1.82, 2.24) is 41.2 Å². The Hall–Kier alpha value is -3.26. The van der Waals surface area contributed by atoms with Crippen molar-refractivity contribution in [2.75, 3.05) is 0 Å². The third-order valence-corrected chi connectivity index (χ3v) is 2.25. The summed E-state index contributed by atoms with van der Waals surface area (Å²) in [5.41, 5.74) is 3.91. The van der Waals surface area contributed by atoms with Crippen molar-refractivity contribution in [3.8, 4) is 0 Å². The summed E-state index contributed by atoms with van der Waals surface area (Å²) in [6.07, 6.45) is -0.143. The summed E-state index contributed by atoms with van der Waals surface area (Å²) in [6.45, 7) is 0. The Labute approximate surface area is 122 Å². The average molecular weight is 308 g/mol. The number of hydrogen-bond donors (Lipinski definition) is 6. The van der Waals surface area contributed by atoms with E-state index in [1.54, 1.807) is 0 Å². The van der Waals surface area contributed by atoms with Gasteiger partial charge >= 0.3 is 0 Å². The van der Waals surface area contributed by atoms with Gasteiger partial charge in [0.05, 0.1) is 12.8 Å². The molecule has 2 rings (SSSR count). The first-order chi connectivity index (χ1) is 10.6. The van der Waals surface area contributed by atoms with Crippen LogP contribution in [0.3, 0.4) is 0 Å². The van der Waals surface area contributed by atoms with E-state index in [0.29, 0.717) is 0 Å². The summed E-state index contributed by atoms with van der Waals surface area (Å²) in [7, 11) is 0. The lowest BCUT2D eigenvalue weighted by atomic mass is 10.4. The number of aromatic amines is 2. The van der Waals surface area contributed by atoms with Gasteiger partial charge in [-0.05, 0) is 0 Å². The zero-order valence-electron chi connectivity index (χ0n) is 11.1. The quantitative estimate of drug-likeness (QED) is 0.143. The highest BCUT2D eigenvalue weighted by molar-refractivity contribution is 5.77.